The van der Waals surface area contributed by atoms with Crippen molar-refractivity contribution in [2.75, 3.05) is 51.4 Å². The molecule has 0 unspecified atom stereocenters. The van der Waals surface area contributed by atoms with Crippen LogP contribution in [0.25, 0.3) is 0 Å². The molecular formula is C25H34N2O3. The van der Waals surface area contributed by atoms with Gasteiger partial charge in [-0.2, -0.15) is 0 Å². The first-order valence-electron chi connectivity index (χ1n) is 11.0. The lowest BCUT2D eigenvalue weighted by atomic mass is 10.0. The van der Waals surface area contributed by atoms with Crippen LogP contribution in [-0.4, -0.2) is 57.4 Å². The van der Waals surface area contributed by atoms with E-state index in [1.165, 1.54) is 22.4 Å². The predicted molar refractivity (Wildman–Crippen MR) is 121 cm³/mol. The SMILES string of the molecule is CCOC(=O)CCCN(C)Cc1cc(Cc2ccccc2)ccc1N1CCOCC1. The number of anilines is 1. The third-order valence-corrected chi connectivity index (χ3v) is 5.41. The monoisotopic (exact) mass is 410 g/mol. The molecule has 162 valence electrons. The molecule has 0 amide bonds. The van der Waals surface area contributed by atoms with E-state index in [4.69, 9.17) is 9.47 Å². The second-order valence-corrected chi connectivity index (χ2v) is 7.87. The molecule has 0 saturated carbocycles. The van der Waals surface area contributed by atoms with Crippen LogP contribution in [0.15, 0.2) is 48.5 Å². The zero-order chi connectivity index (χ0) is 21.2. The molecule has 0 aromatic heterocycles. The lowest BCUT2D eigenvalue weighted by molar-refractivity contribution is -0.143. The topological polar surface area (TPSA) is 42.0 Å². The Hall–Kier alpha value is -2.37. The van der Waals surface area contributed by atoms with Gasteiger partial charge in [0.2, 0.25) is 0 Å². The van der Waals surface area contributed by atoms with Gasteiger partial charge in [0.25, 0.3) is 0 Å². The summed E-state index contributed by atoms with van der Waals surface area (Å²) in [6, 6.07) is 17.5. The summed E-state index contributed by atoms with van der Waals surface area (Å²) < 4.78 is 10.6. The molecule has 1 fully saturated rings. The number of esters is 1. The second-order valence-electron chi connectivity index (χ2n) is 7.87. The Labute approximate surface area is 180 Å². The van der Waals surface area contributed by atoms with Crippen LogP contribution in [0.3, 0.4) is 0 Å². The van der Waals surface area contributed by atoms with Crippen LogP contribution in [0.2, 0.25) is 0 Å². The van der Waals surface area contributed by atoms with Crippen molar-refractivity contribution >= 4 is 11.7 Å². The van der Waals surface area contributed by atoms with E-state index in [9.17, 15) is 4.79 Å². The highest BCUT2D eigenvalue weighted by atomic mass is 16.5. The van der Waals surface area contributed by atoms with Crippen molar-refractivity contribution in [1.29, 1.82) is 0 Å². The van der Waals surface area contributed by atoms with Gasteiger partial charge in [0.05, 0.1) is 19.8 Å². The minimum absolute atomic E-state index is 0.107. The van der Waals surface area contributed by atoms with Crippen molar-refractivity contribution < 1.29 is 14.3 Å². The lowest BCUT2D eigenvalue weighted by Gasteiger charge is -2.32. The summed E-state index contributed by atoms with van der Waals surface area (Å²) in [7, 11) is 2.12. The van der Waals surface area contributed by atoms with Gasteiger partial charge in [0.1, 0.15) is 0 Å². The van der Waals surface area contributed by atoms with E-state index < -0.39 is 0 Å². The Morgan fingerprint density at radius 3 is 2.60 bits per heavy atom. The van der Waals surface area contributed by atoms with Gasteiger partial charge in [-0.1, -0.05) is 42.5 Å². The summed E-state index contributed by atoms with van der Waals surface area (Å²) in [5.74, 6) is -0.107. The number of benzene rings is 2. The number of hydrogen-bond donors (Lipinski definition) is 0. The zero-order valence-electron chi connectivity index (χ0n) is 18.3. The average Bonchev–Trinajstić information content (AvgIpc) is 2.75. The summed E-state index contributed by atoms with van der Waals surface area (Å²) in [5, 5.41) is 0. The summed E-state index contributed by atoms with van der Waals surface area (Å²) in [6.07, 6.45) is 2.22. The van der Waals surface area contributed by atoms with Crippen LogP contribution in [0.1, 0.15) is 36.5 Å². The van der Waals surface area contributed by atoms with Crippen molar-refractivity contribution in [1.82, 2.24) is 4.90 Å². The van der Waals surface area contributed by atoms with E-state index in [2.05, 4.69) is 65.4 Å². The molecule has 5 nitrogen and oxygen atoms in total. The average molecular weight is 411 g/mol. The van der Waals surface area contributed by atoms with Crippen LogP contribution in [-0.2, 0) is 27.2 Å². The molecule has 1 saturated heterocycles. The summed E-state index contributed by atoms with van der Waals surface area (Å²) in [4.78, 5) is 16.3. The minimum atomic E-state index is -0.107. The molecule has 0 radical (unpaired) electrons. The smallest absolute Gasteiger partial charge is 0.305 e. The number of rotatable bonds is 10. The molecule has 0 atom stereocenters. The first kappa shape index (κ1) is 22.3. The van der Waals surface area contributed by atoms with Crippen molar-refractivity contribution in [2.24, 2.45) is 0 Å². The van der Waals surface area contributed by atoms with Crippen LogP contribution in [0.5, 0.6) is 0 Å². The first-order valence-corrected chi connectivity index (χ1v) is 11.0. The lowest BCUT2D eigenvalue weighted by Crippen LogP contribution is -2.37. The zero-order valence-corrected chi connectivity index (χ0v) is 18.3. The van der Waals surface area contributed by atoms with Crippen LogP contribution in [0, 0.1) is 0 Å². The van der Waals surface area contributed by atoms with Crippen molar-refractivity contribution in [3.8, 4) is 0 Å². The van der Waals surface area contributed by atoms with E-state index in [0.29, 0.717) is 13.0 Å². The molecule has 1 aliphatic rings. The number of hydrogen-bond acceptors (Lipinski definition) is 5. The molecule has 2 aromatic carbocycles. The van der Waals surface area contributed by atoms with Gasteiger partial charge in [0.15, 0.2) is 0 Å². The fourth-order valence-corrected chi connectivity index (χ4v) is 3.92. The molecule has 1 aliphatic heterocycles. The van der Waals surface area contributed by atoms with E-state index in [-0.39, 0.29) is 5.97 Å². The van der Waals surface area contributed by atoms with Gasteiger partial charge < -0.3 is 19.3 Å². The van der Waals surface area contributed by atoms with E-state index >= 15 is 0 Å². The number of carbonyl (C=O) groups excluding carboxylic acids is 1. The van der Waals surface area contributed by atoms with Gasteiger partial charge in [0, 0.05) is 31.7 Å². The Kier molecular flexibility index (Phi) is 8.72. The van der Waals surface area contributed by atoms with Crippen LogP contribution in [0.4, 0.5) is 5.69 Å². The molecule has 3 rings (SSSR count). The highest BCUT2D eigenvalue weighted by molar-refractivity contribution is 5.69. The van der Waals surface area contributed by atoms with Gasteiger partial charge in [-0.25, -0.2) is 0 Å². The molecule has 2 aromatic rings. The molecule has 1 heterocycles. The molecule has 5 heteroatoms. The number of nitrogens with zero attached hydrogens (tertiary/aromatic N) is 2. The van der Waals surface area contributed by atoms with Gasteiger partial charge in [-0.15, -0.1) is 0 Å². The van der Waals surface area contributed by atoms with E-state index in [1.807, 2.05) is 6.92 Å². The van der Waals surface area contributed by atoms with Crippen molar-refractivity contribution in [3.63, 3.8) is 0 Å². The molecule has 0 aliphatic carbocycles. The Balaban J connectivity index is 1.69. The standard InChI is InChI=1S/C25H34N2O3/c1-3-30-25(28)10-7-13-26(2)20-23-19-22(18-21-8-5-4-6-9-21)11-12-24(23)27-14-16-29-17-15-27/h4-6,8-9,11-12,19H,3,7,10,13-18,20H2,1-2H3. The maximum absolute atomic E-state index is 11.6. The summed E-state index contributed by atoms with van der Waals surface area (Å²) >= 11 is 0. The number of ether oxygens (including phenoxy) is 2. The fourth-order valence-electron chi connectivity index (χ4n) is 3.92. The van der Waals surface area contributed by atoms with Crippen LogP contribution >= 0.6 is 0 Å². The minimum Gasteiger partial charge on any atom is -0.466 e. The largest absolute Gasteiger partial charge is 0.466 e. The normalized spacial score (nSPS) is 14.2. The number of morpholine rings is 1. The van der Waals surface area contributed by atoms with Gasteiger partial charge in [-0.05, 0) is 56.1 Å². The molecule has 0 bridgehead atoms. The quantitative estimate of drug-likeness (QED) is 0.556. The number of carbonyl (C=O) groups is 1. The first-order chi connectivity index (χ1) is 14.7. The van der Waals surface area contributed by atoms with Gasteiger partial charge >= 0.3 is 5.97 Å². The predicted octanol–water partition coefficient (Wildman–Crippen LogP) is 3.89. The Morgan fingerprint density at radius 2 is 1.87 bits per heavy atom. The molecule has 0 N–H and O–H groups in total. The van der Waals surface area contributed by atoms with E-state index in [0.717, 1.165) is 52.2 Å². The maximum Gasteiger partial charge on any atom is 0.305 e. The second kappa shape index (κ2) is 11.7. The van der Waals surface area contributed by atoms with Crippen LogP contribution < -0.4 is 4.90 Å². The summed E-state index contributed by atoms with van der Waals surface area (Å²) in [5.41, 5.74) is 5.29. The Bertz CT molecular complexity index is 788. The van der Waals surface area contributed by atoms with Crippen molar-refractivity contribution in [3.05, 3.63) is 65.2 Å². The summed E-state index contributed by atoms with van der Waals surface area (Å²) in [6.45, 7) is 7.43. The molecule has 0 spiro atoms. The highest BCUT2D eigenvalue weighted by Crippen LogP contribution is 2.26. The maximum atomic E-state index is 11.6. The third-order valence-electron chi connectivity index (χ3n) is 5.41. The van der Waals surface area contributed by atoms with Gasteiger partial charge in [-0.3, -0.25) is 4.79 Å². The van der Waals surface area contributed by atoms with E-state index in [1.54, 1.807) is 0 Å². The fraction of sp³-hybridized carbons (Fsp3) is 0.480. The third kappa shape index (κ3) is 6.85. The molecule has 30 heavy (non-hydrogen) atoms. The Morgan fingerprint density at radius 1 is 1.10 bits per heavy atom. The molecular weight excluding hydrogens is 376 g/mol. The highest BCUT2D eigenvalue weighted by Gasteiger charge is 2.16. The van der Waals surface area contributed by atoms with Crippen molar-refractivity contribution in [2.45, 2.75) is 32.7 Å².